The monoisotopic (exact) mass is 228 g/mol. The van der Waals surface area contributed by atoms with Gasteiger partial charge in [0, 0.05) is 18.3 Å². The van der Waals surface area contributed by atoms with Crippen LogP contribution in [0.15, 0.2) is 42.5 Å². The minimum absolute atomic E-state index is 0.525. The molecule has 0 atom stereocenters. The van der Waals surface area contributed by atoms with Crippen LogP contribution in [0.25, 0.3) is 11.3 Å². The first-order valence-electron chi connectivity index (χ1n) is 5.52. The lowest BCUT2D eigenvalue weighted by Gasteiger charge is -2.06. The second-order valence-electron chi connectivity index (χ2n) is 4.18. The molecule has 0 spiro atoms. The second kappa shape index (κ2) is 4.82. The van der Waals surface area contributed by atoms with Crippen LogP contribution in [0.1, 0.15) is 13.8 Å². The van der Waals surface area contributed by atoms with Crippen molar-refractivity contribution in [1.82, 2.24) is 14.5 Å². The van der Waals surface area contributed by atoms with Crippen molar-refractivity contribution in [3.63, 3.8) is 0 Å². The Bertz CT molecular complexity index is 536. The molecule has 2 N–H and O–H groups in total. The average molecular weight is 228 g/mol. The van der Waals surface area contributed by atoms with Gasteiger partial charge in [-0.15, -0.1) is 0 Å². The van der Waals surface area contributed by atoms with Gasteiger partial charge in [-0.3, -0.25) is 0 Å². The lowest BCUT2D eigenvalue weighted by Crippen LogP contribution is -1.97. The summed E-state index contributed by atoms with van der Waals surface area (Å²) in [7, 11) is 0. The van der Waals surface area contributed by atoms with Gasteiger partial charge in [0.25, 0.3) is 0 Å². The number of nitrogen functional groups attached to an aromatic ring is 1. The first kappa shape index (κ1) is 11.4. The third-order valence-electron chi connectivity index (χ3n) is 2.49. The standard InChI is InChI=1S/C13H16N4/c1-10(2)4-6-17-9-15-8-12(17)11-3-5-16-13(14)7-11/h3-5,7-9H,6H2,1-2H3,(H2,14,16). The highest BCUT2D eigenvalue weighted by atomic mass is 15.0. The SMILES string of the molecule is CC(C)=CCn1cncc1-c1ccnc(N)c1. The van der Waals surface area contributed by atoms with E-state index in [0.29, 0.717) is 5.82 Å². The van der Waals surface area contributed by atoms with Gasteiger partial charge in [0.15, 0.2) is 0 Å². The van der Waals surface area contributed by atoms with E-state index in [1.165, 1.54) is 5.57 Å². The van der Waals surface area contributed by atoms with E-state index in [1.807, 2.05) is 24.7 Å². The van der Waals surface area contributed by atoms with E-state index >= 15 is 0 Å². The average Bonchev–Trinajstić information content (AvgIpc) is 2.74. The topological polar surface area (TPSA) is 56.7 Å². The third-order valence-corrected chi connectivity index (χ3v) is 2.49. The summed E-state index contributed by atoms with van der Waals surface area (Å²) < 4.78 is 2.09. The third kappa shape index (κ3) is 2.72. The van der Waals surface area contributed by atoms with Gasteiger partial charge in [0.1, 0.15) is 5.82 Å². The Morgan fingerprint density at radius 1 is 1.47 bits per heavy atom. The summed E-state index contributed by atoms with van der Waals surface area (Å²) >= 11 is 0. The molecule has 2 rings (SSSR count). The molecular formula is C13H16N4. The zero-order valence-electron chi connectivity index (χ0n) is 10.1. The van der Waals surface area contributed by atoms with Gasteiger partial charge in [0.2, 0.25) is 0 Å². The molecule has 2 aromatic rings. The summed E-state index contributed by atoms with van der Waals surface area (Å²) in [4.78, 5) is 8.17. The van der Waals surface area contributed by atoms with Crippen molar-refractivity contribution in [2.45, 2.75) is 20.4 Å². The minimum Gasteiger partial charge on any atom is -0.384 e. The quantitative estimate of drug-likeness (QED) is 0.821. The Kier molecular flexibility index (Phi) is 3.23. The molecule has 0 saturated carbocycles. The summed E-state index contributed by atoms with van der Waals surface area (Å²) in [6.45, 7) is 4.99. The van der Waals surface area contributed by atoms with Crippen LogP contribution in [0.4, 0.5) is 5.82 Å². The summed E-state index contributed by atoms with van der Waals surface area (Å²) in [5.74, 6) is 0.525. The Labute approximate surface area is 101 Å². The first-order chi connectivity index (χ1) is 8.16. The molecule has 4 heteroatoms. The smallest absolute Gasteiger partial charge is 0.123 e. The lowest BCUT2D eigenvalue weighted by atomic mass is 10.2. The van der Waals surface area contributed by atoms with Gasteiger partial charge in [-0.05, 0) is 26.0 Å². The van der Waals surface area contributed by atoms with E-state index in [4.69, 9.17) is 5.73 Å². The van der Waals surface area contributed by atoms with Gasteiger partial charge >= 0.3 is 0 Å². The molecule has 2 heterocycles. The summed E-state index contributed by atoms with van der Waals surface area (Å²) in [5, 5.41) is 0. The summed E-state index contributed by atoms with van der Waals surface area (Å²) in [6, 6.07) is 3.79. The Balaban J connectivity index is 2.33. The maximum Gasteiger partial charge on any atom is 0.123 e. The van der Waals surface area contributed by atoms with E-state index in [9.17, 15) is 0 Å². The van der Waals surface area contributed by atoms with Crippen molar-refractivity contribution < 1.29 is 0 Å². The molecule has 4 nitrogen and oxygen atoms in total. The number of allylic oxidation sites excluding steroid dienone is 2. The summed E-state index contributed by atoms with van der Waals surface area (Å²) in [6.07, 6.45) is 7.54. The van der Waals surface area contributed by atoms with Gasteiger partial charge in [-0.25, -0.2) is 9.97 Å². The van der Waals surface area contributed by atoms with Crippen molar-refractivity contribution in [3.05, 3.63) is 42.5 Å². The number of nitrogens with zero attached hydrogens (tertiary/aromatic N) is 3. The maximum absolute atomic E-state index is 5.68. The van der Waals surface area contributed by atoms with Crippen LogP contribution in [0.3, 0.4) is 0 Å². The molecule has 0 aliphatic carbocycles. The van der Waals surface area contributed by atoms with Crippen LogP contribution < -0.4 is 5.73 Å². The molecule has 88 valence electrons. The maximum atomic E-state index is 5.68. The van der Waals surface area contributed by atoms with Crippen LogP contribution in [-0.2, 0) is 6.54 Å². The number of anilines is 1. The van der Waals surface area contributed by atoms with Crippen LogP contribution in [0, 0.1) is 0 Å². The second-order valence-corrected chi connectivity index (χ2v) is 4.18. The van der Waals surface area contributed by atoms with Crippen LogP contribution in [0.5, 0.6) is 0 Å². The largest absolute Gasteiger partial charge is 0.384 e. The van der Waals surface area contributed by atoms with Gasteiger partial charge in [-0.2, -0.15) is 0 Å². The van der Waals surface area contributed by atoms with E-state index in [0.717, 1.165) is 17.8 Å². The van der Waals surface area contributed by atoms with Gasteiger partial charge in [-0.1, -0.05) is 11.6 Å². The number of hydrogen-bond acceptors (Lipinski definition) is 3. The molecule has 2 aromatic heterocycles. The fourth-order valence-electron chi connectivity index (χ4n) is 1.60. The number of rotatable bonds is 3. The zero-order valence-corrected chi connectivity index (χ0v) is 10.1. The van der Waals surface area contributed by atoms with Gasteiger partial charge < -0.3 is 10.3 Å². The van der Waals surface area contributed by atoms with Crippen molar-refractivity contribution in [2.75, 3.05) is 5.73 Å². The molecule has 0 bridgehead atoms. The Hall–Kier alpha value is -2.10. The van der Waals surface area contributed by atoms with Crippen LogP contribution in [0.2, 0.25) is 0 Å². The molecule has 0 amide bonds. The normalized spacial score (nSPS) is 10.2. The van der Waals surface area contributed by atoms with Crippen molar-refractivity contribution in [2.24, 2.45) is 0 Å². The molecule has 0 unspecified atom stereocenters. The minimum atomic E-state index is 0.525. The first-order valence-corrected chi connectivity index (χ1v) is 5.52. The van der Waals surface area contributed by atoms with Crippen molar-refractivity contribution in [3.8, 4) is 11.3 Å². The van der Waals surface area contributed by atoms with E-state index in [2.05, 4.69) is 34.5 Å². The molecule has 0 fully saturated rings. The fourth-order valence-corrected chi connectivity index (χ4v) is 1.60. The predicted molar refractivity (Wildman–Crippen MR) is 69.3 cm³/mol. The van der Waals surface area contributed by atoms with E-state index in [1.54, 1.807) is 6.20 Å². The highest BCUT2D eigenvalue weighted by Gasteiger charge is 2.04. The number of pyridine rings is 1. The molecule has 17 heavy (non-hydrogen) atoms. The van der Waals surface area contributed by atoms with Crippen molar-refractivity contribution >= 4 is 5.82 Å². The van der Waals surface area contributed by atoms with E-state index < -0.39 is 0 Å². The lowest BCUT2D eigenvalue weighted by molar-refractivity contribution is 0.822. The Morgan fingerprint density at radius 3 is 3.00 bits per heavy atom. The molecule has 0 aliphatic heterocycles. The zero-order chi connectivity index (χ0) is 12.3. The van der Waals surface area contributed by atoms with Gasteiger partial charge in [0.05, 0.1) is 18.2 Å². The number of hydrogen-bond donors (Lipinski definition) is 1. The molecule has 0 saturated heterocycles. The molecular weight excluding hydrogens is 212 g/mol. The fraction of sp³-hybridized carbons (Fsp3) is 0.231. The summed E-state index contributed by atoms with van der Waals surface area (Å²) in [5.41, 5.74) is 9.07. The molecule has 0 aromatic carbocycles. The highest BCUT2D eigenvalue weighted by Crippen LogP contribution is 2.19. The van der Waals surface area contributed by atoms with Crippen LogP contribution >= 0.6 is 0 Å². The highest BCUT2D eigenvalue weighted by molar-refractivity contribution is 5.61. The number of imidazole rings is 1. The number of aromatic nitrogens is 3. The van der Waals surface area contributed by atoms with E-state index in [-0.39, 0.29) is 0 Å². The van der Waals surface area contributed by atoms with Crippen molar-refractivity contribution in [1.29, 1.82) is 0 Å². The molecule has 0 aliphatic rings. The molecule has 0 radical (unpaired) electrons. The predicted octanol–water partition coefficient (Wildman–Crippen LogP) is 2.49. The number of nitrogens with two attached hydrogens (primary N) is 1. The Morgan fingerprint density at radius 2 is 2.29 bits per heavy atom. The van der Waals surface area contributed by atoms with Crippen LogP contribution in [-0.4, -0.2) is 14.5 Å².